The van der Waals surface area contributed by atoms with Crippen molar-refractivity contribution < 1.29 is 8.85 Å². The Morgan fingerprint density at radius 3 is 1.47 bits per heavy atom. The maximum absolute atomic E-state index is 5.82. The molecular formula is C12H24O2Si. The summed E-state index contributed by atoms with van der Waals surface area (Å²) in [6, 6.07) is 0. The van der Waals surface area contributed by atoms with E-state index >= 15 is 0 Å². The van der Waals surface area contributed by atoms with Gasteiger partial charge in [0.2, 0.25) is 0 Å². The molecule has 0 aromatic rings. The van der Waals surface area contributed by atoms with E-state index in [0.29, 0.717) is 13.2 Å². The van der Waals surface area contributed by atoms with Crippen molar-refractivity contribution in [2.75, 3.05) is 13.2 Å². The highest BCUT2D eigenvalue weighted by Crippen LogP contribution is 2.12. The minimum Gasteiger partial charge on any atom is -0.389 e. The van der Waals surface area contributed by atoms with E-state index in [9.17, 15) is 0 Å². The van der Waals surface area contributed by atoms with Crippen molar-refractivity contribution in [2.45, 2.75) is 40.5 Å². The average molecular weight is 228 g/mol. The molecular weight excluding hydrogens is 204 g/mol. The van der Waals surface area contributed by atoms with Crippen molar-refractivity contribution in [2.24, 2.45) is 0 Å². The highest BCUT2D eigenvalue weighted by atomic mass is 28.4. The molecule has 0 N–H and O–H groups in total. The molecule has 0 amide bonds. The van der Waals surface area contributed by atoms with Crippen LogP contribution in [0.5, 0.6) is 0 Å². The van der Waals surface area contributed by atoms with Gasteiger partial charge in [0.1, 0.15) is 0 Å². The van der Waals surface area contributed by atoms with Crippen molar-refractivity contribution in [3.8, 4) is 0 Å². The second kappa shape index (κ2) is 8.89. The molecule has 0 aliphatic rings. The summed E-state index contributed by atoms with van der Waals surface area (Å²) in [6.07, 6.45) is 6.32. The lowest BCUT2D eigenvalue weighted by atomic mass is 10.5. The van der Waals surface area contributed by atoms with Gasteiger partial charge >= 0.3 is 8.56 Å². The third-order valence-corrected chi connectivity index (χ3v) is 4.79. The van der Waals surface area contributed by atoms with E-state index in [2.05, 4.69) is 37.4 Å². The molecule has 0 heterocycles. The third kappa shape index (κ3) is 5.92. The van der Waals surface area contributed by atoms with E-state index in [1.807, 2.05) is 13.8 Å². The molecule has 0 aromatic heterocycles. The van der Waals surface area contributed by atoms with Crippen molar-refractivity contribution in [1.82, 2.24) is 0 Å². The van der Waals surface area contributed by atoms with Crippen LogP contribution < -0.4 is 0 Å². The SMILES string of the molecule is CC/C=C/[Si](/C=C/CC)(OCC)OCC. The van der Waals surface area contributed by atoms with E-state index in [1.165, 1.54) is 0 Å². The van der Waals surface area contributed by atoms with Crippen molar-refractivity contribution in [3.05, 3.63) is 23.6 Å². The van der Waals surface area contributed by atoms with Gasteiger partial charge in [-0.3, -0.25) is 0 Å². The first-order valence-corrected chi connectivity index (χ1v) is 7.85. The second-order valence-corrected chi connectivity index (χ2v) is 5.90. The fraction of sp³-hybridized carbons (Fsp3) is 0.667. The summed E-state index contributed by atoms with van der Waals surface area (Å²) in [7, 11) is -2.20. The van der Waals surface area contributed by atoms with Gasteiger partial charge in [0.05, 0.1) is 0 Å². The number of hydrogen-bond donors (Lipinski definition) is 0. The molecule has 0 aliphatic heterocycles. The van der Waals surface area contributed by atoms with Crippen LogP contribution in [-0.2, 0) is 8.85 Å². The Labute approximate surface area is 95.2 Å². The van der Waals surface area contributed by atoms with E-state index in [0.717, 1.165) is 12.8 Å². The number of allylic oxidation sites excluding steroid dienone is 2. The normalized spacial score (nSPS) is 13.1. The Hall–Kier alpha value is -0.383. The highest BCUT2D eigenvalue weighted by molar-refractivity contribution is 6.77. The fourth-order valence-electron chi connectivity index (χ4n) is 1.31. The summed E-state index contributed by atoms with van der Waals surface area (Å²) in [4.78, 5) is 0. The van der Waals surface area contributed by atoms with Gasteiger partial charge < -0.3 is 8.85 Å². The van der Waals surface area contributed by atoms with E-state index in [-0.39, 0.29) is 0 Å². The van der Waals surface area contributed by atoms with Crippen LogP contribution in [0, 0.1) is 0 Å². The molecule has 0 spiro atoms. The molecule has 2 nitrogen and oxygen atoms in total. The summed E-state index contributed by atoms with van der Waals surface area (Å²) in [5.74, 6) is 0. The Bertz CT molecular complexity index is 178. The smallest absolute Gasteiger partial charge is 0.389 e. The maximum Gasteiger partial charge on any atom is 0.391 e. The summed E-state index contributed by atoms with van der Waals surface area (Å²) < 4.78 is 11.6. The molecule has 0 atom stereocenters. The largest absolute Gasteiger partial charge is 0.391 e. The maximum atomic E-state index is 5.82. The molecule has 0 radical (unpaired) electrons. The average Bonchev–Trinajstić information content (AvgIpc) is 2.24. The molecule has 0 fully saturated rings. The predicted octanol–water partition coefficient (Wildman–Crippen LogP) is 3.51. The van der Waals surface area contributed by atoms with Crippen LogP contribution in [0.4, 0.5) is 0 Å². The molecule has 0 saturated carbocycles. The molecule has 15 heavy (non-hydrogen) atoms. The molecule has 0 unspecified atom stereocenters. The van der Waals surface area contributed by atoms with Crippen LogP contribution in [0.15, 0.2) is 23.6 Å². The zero-order chi connectivity index (χ0) is 11.6. The first-order chi connectivity index (χ1) is 7.24. The molecule has 3 heteroatoms. The fourth-order valence-corrected chi connectivity index (χ4v) is 3.92. The lowest BCUT2D eigenvalue weighted by molar-refractivity contribution is 0.206. The van der Waals surface area contributed by atoms with Gasteiger partial charge in [0.25, 0.3) is 0 Å². The zero-order valence-electron chi connectivity index (χ0n) is 10.5. The summed E-state index contributed by atoms with van der Waals surface area (Å²) in [6.45, 7) is 9.68. The zero-order valence-corrected chi connectivity index (χ0v) is 11.5. The van der Waals surface area contributed by atoms with Gasteiger partial charge in [-0.2, -0.15) is 0 Å². The van der Waals surface area contributed by atoms with Gasteiger partial charge in [-0.25, -0.2) is 0 Å². The van der Waals surface area contributed by atoms with Gasteiger partial charge in [0, 0.05) is 13.2 Å². The first-order valence-electron chi connectivity index (χ1n) is 5.87. The number of hydrogen-bond acceptors (Lipinski definition) is 2. The van der Waals surface area contributed by atoms with Gasteiger partial charge in [-0.15, -0.1) is 0 Å². The molecule has 88 valence electrons. The van der Waals surface area contributed by atoms with Gasteiger partial charge in [-0.05, 0) is 38.1 Å². The summed E-state index contributed by atoms with van der Waals surface area (Å²) in [5, 5.41) is 0. The Balaban J connectivity index is 4.70. The topological polar surface area (TPSA) is 18.5 Å². The van der Waals surface area contributed by atoms with Crippen molar-refractivity contribution in [1.29, 1.82) is 0 Å². The van der Waals surface area contributed by atoms with E-state index in [4.69, 9.17) is 8.85 Å². The molecule has 0 bridgehead atoms. The van der Waals surface area contributed by atoms with Crippen molar-refractivity contribution in [3.63, 3.8) is 0 Å². The molecule has 0 rings (SSSR count). The summed E-state index contributed by atoms with van der Waals surface area (Å²) >= 11 is 0. The standard InChI is InChI=1S/C12H24O2Si/c1-5-9-11-15(13-7-3,14-8-4)12-10-6-2/h9-12H,5-8H2,1-4H3/b11-9+,12-10+. The third-order valence-electron chi connectivity index (χ3n) is 1.91. The van der Waals surface area contributed by atoms with Crippen LogP contribution in [0.3, 0.4) is 0 Å². The lowest BCUT2D eigenvalue weighted by Gasteiger charge is -2.23. The van der Waals surface area contributed by atoms with Crippen LogP contribution in [0.25, 0.3) is 0 Å². The Morgan fingerprint density at radius 1 is 0.800 bits per heavy atom. The quantitative estimate of drug-likeness (QED) is 0.592. The van der Waals surface area contributed by atoms with Crippen LogP contribution >= 0.6 is 0 Å². The molecule has 0 aliphatic carbocycles. The Morgan fingerprint density at radius 2 is 1.20 bits per heavy atom. The van der Waals surface area contributed by atoms with Crippen molar-refractivity contribution >= 4 is 8.56 Å². The van der Waals surface area contributed by atoms with Gasteiger partial charge in [0.15, 0.2) is 0 Å². The monoisotopic (exact) mass is 228 g/mol. The highest BCUT2D eigenvalue weighted by Gasteiger charge is 2.30. The predicted molar refractivity (Wildman–Crippen MR) is 67.9 cm³/mol. The molecule has 0 saturated heterocycles. The minimum atomic E-state index is -2.20. The first kappa shape index (κ1) is 14.6. The van der Waals surface area contributed by atoms with Crippen LogP contribution in [0.2, 0.25) is 0 Å². The second-order valence-electron chi connectivity index (χ2n) is 3.21. The van der Waals surface area contributed by atoms with Crippen LogP contribution in [0.1, 0.15) is 40.5 Å². The number of rotatable bonds is 8. The van der Waals surface area contributed by atoms with E-state index in [1.54, 1.807) is 0 Å². The Kier molecular flexibility index (Phi) is 8.66. The van der Waals surface area contributed by atoms with E-state index < -0.39 is 8.56 Å². The minimum absolute atomic E-state index is 0.703. The molecule has 0 aromatic carbocycles. The van der Waals surface area contributed by atoms with Crippen LogP contribution in [-0.4, -0.2) is 21.8 Å². The lowest BCUT2D eigenvalue weighted by Crippen LogP contribution is -2.39. The van der Waals surface area contributed by atoms with Gasteiger partial charge in [-0.1, -0.05) is 26.0 Å². The summed E-state index contributed by atoms with van der Waals surface area (Å²) in [5.41, 5.74) is 4.26.